The molecule has 0 aliphatic rings. The van der Waals surface area contributed by atoms with E-state index in [1.165, 1.54) is 18.2 Å². The molecule has 1 rings (SSSR count). The Bertz CT molecular complexity index is 377. The van der Waals surface area contributed by atoms with Crippen LogP contribution in [0.15, 0.2) is 29.3 Å². The van der Waals surface area contributed by atoms with Crippen molar-refractivity contribution >= 4 is 12.2 Å². The highest BCUT2D eigenvalue weighted by Gasteiger charge is 2.10. The molecule has 0 heterocycles. The summed E-state index contributed by atoms with van der Waals surface area (Å²) in [6.07, 6.45) is -1.44. The van der Waals surface area contributed by atoms with Gasteiger partial charge in [0.1, 0.15) is 6.54 Å². The van der Waals surface area contributed by atoms with Gasteiger partial charge in [-0.3, -0.25) is 9.79 Å². The summed E-state index contributed by atoms with van der Waals surface area (Å²) in [6, 6.07) is 5.84. The van der Waals surface area contributed by atoms with Crippen molar-refractivity contribution in [3.05, 3.63) is 35.4 Å². The summed E-state index contributed by atoms with van der Waals surface area (Å²) in [4.78, 5) is 13.7. The van der Waals surface area contributed by atoms with Crippen LogP contribution >= 0.6 is 0 Å². The van der Waals surface area contributed by atoms with Gasteiger partial charge in [0.15, 0.2) is 0 Å². The van der Waals surface area contributed by atoms with Gasteiger partial charge in [-0.2, -0.15) is 0 Å². The fourth-order valence-electron chi connectivity index (χ4n) is 1.05. The average Bonchev–Trinajstić information content (AvgIpc) is 2.17. The number of aliphatic carboxylic acids is 1. The molecule has 0 aliphatic carbocycles. The summed E-state index contributed by atoms with van der Waals surface area (Å²) in [5.41, 5.74) is 0.0976. The van der Waals surface area contributed by atoms with E-state index in [2.05, 4.69) is 4.99 Å². The number of rotatable bonds is 4. The lowest BCUT2D eigenvalue weighted by molar-refractivity contribution is -0.135. The summed E-state index contributed by atoms with van der Waals surface area (Å²) in [6.45, 7) is -0.419. The number of aliphatic imine (C=N–C) groups is 1. The quantitative estimate of drug-likeness (QED) is 0.779. The third-order valence-corrected chi connectivity index (χ3v) is 1.69. The van der Waals surface area contributed by atoms with Crippen molar-refractivity contribution in [2.24, 2.45) is 4.99 Å². The maximum Gasteiger partial charge on any atom is 0.325 e. The van der Waals surface area contributed by atoms with Crippen molar-refractivity contribution in [1.82, 2.24) is 0 Å². The molecule has 80 valence electrons. The Morgan fingerprint density at radius 3 is 2.73 bits per heavy atom. The van der Waals surface area contributed by atoms with E-state index < -0.39 is 18.9 Å². The highest BCUT2D eigenvalue weighted by Crippen LogP contribution is 2.21. The van der Waals surface area contributed by atoms with Crippen LogP contribution in [0.4, 0.5) is 8.78 Å². The zero-order valence-electron chi connectivity index (χ0n) is 7.73. The zero-order chi connectivity index (χ0) is 11.3. The van der Waals surface area contributed by atoms with Crippen LogP contribution in [0.25, 0.3) is 0 Å². The molecule has 0 aliphatic heterocycles. The number of benzene rings is 1. The predicted molar refractivity (Wildman–Crippen MR) is 51.5 cm³/mol. The van der Waals surface area contributed by atoms with Crippen molar-refractivity contribution < 1.29 is 18.7 Å². The van der Waals surface area contributed by atoms with Crippen molar-refractivity contribution in [1.29, 1.82) is 0 Å². The largest absolute Gasteiger partial charge is 0.480 e. The van der Waals surface area contributed by atoms with E-state index in [0.717, 1.165) is 6.21 Å². The molecule has 0 saturated heterocycles. The first-order chi connectivity index (χ1) is 7.11. The molecule has 0 fully saturated rings. The summed E-state index contributed by atoms with van der Waals surface area (Å²) in [7, 11) is 0. The summed E-state index contributed by atoms with van der Waals surface area (Å²) < 4.78 is 24.9. The summed E-state index contributed by atoms with van der Waals surface area (Å²) in [5, 5.41) is 8.31. The number of carboxylic acids is 1. The number of carbonyl (C=O) groups is 1. The maximum absolute atomic E-state index is 12.4. The monoisotopic (exact) mass is 213 g/mol. The van der Waals surface area contributed by atoms with Crippen LogP contribution in [0.3, 0.4) is 0 Å². The molecule has 0 amide bonds. The molecular formula is C10H9F2NO2. The molecular weight excluding hydrogens is 204 g/mol. The first-order valence-corrected chi connectivity index (χ1v) is 4.20. The van der Waals surface area contributed by atoms with Gasteiger partial charge in [0.2, 0.25) is 0 Å². The molecule has 1 N–H and O–H groups in total. The minimum absolute atomic E-state index is 0.147. The number of nitrogens with zero attached hydrogens (tertiary/aromatic N) is 1. The second kappa shape index (κ2) is 5.19. The fourth-order valence-corrected chi connectivity index (χ4v) is 1.05. The molecule has 1 aromatic carbocycles. The summed E-state index contributed by atoms with van der Waals surface area (Å²) >= 11 is 0. The number of hydrogen-bond donors (Lipinski definition) is 1. The Labute approximate surface area is 85.1 Å². The average molecular weight is 213 g/mol. The topological polar surface area (TPSA) is 49.7 Å². The summed E-state index contributed by atoms with van der Waals surface area (Å²) in [5.74, 6) is -1.10. The second-order valence-electron chi connectivity index (χ2n) is 2.79. The van der Waals surface area contributed by atoms with Gasteiger partial charge in [0.05, 0.1) is 0 Å². The van der Waals surface area contributed by atoms with E-state index in [1.54, 1.807) is 6.07 Å². The number of halogens is 2. The molecule has 1 aromatic rings. The molecule has 0 spiro atoms. The van der Waals surface area contributed by atoms with Crippen LogP contribution in [-0.4, -0.2) is 23.8 Å². The molecule has 15 heavy (non-hydrogen) atoms. The van der Waals surface area contributed by atoms with Crippen LogP contribution in [0.2, 0.25) is 0 Å². The van der Waals surface area contributed by atoms with Gasteiger partial charge < -0.3 is 5.11 Å². The third-order valence-electron chi connectivity index (χ3n) is 1.69. The molecule has 3 nitrogen and oxygen atoms in total. The van der Waals surface area contributed by atoms with E-state index in [0.29, 0.717) is 0 Å². The van der Waals surface area contributed by atoms with Gasteiger partial charge in [-0.05, 0) is 0 Å². The normalized spacial score (nSPS) is 11.1. The van der Waals surface area contributed by atoms with E-state index in [4.69, 9.17) is 5.11 Å². The number of hydrogen-bond acceptors (Lipinski definition) is 2. The molecule has 0 radical (unpaired) electrons. The van der Waals surface area contributed by atoms with Crippen LogP contribution in [-0.2, 0) is 4.79 Å². The molecule has 5 heteroatoms. The first-order valence-electron chi connectivity index (χ1n) is 4.20. The number of carboxylic acid groups (broad SMARTS) is 1. The van der Waals surface area contributed by atoms with E-state index >= 15 is 0 Å². The van der Waals surface area contributed by atoms with Gasteiger partial charge in [-0.15, -0.1) is 0 Å². The lowest BCUT2D eigenvalue weighted by atomic mass is 10.1. The Morgan fingerprint density at radius 1 is 1.47 bits per heavy atom. The van der Waals surface area contributed by atoms with E-state index in [1.807, 2.05) is 0 Å². The molecule has 0 saturated carbocycles. The zero-order valence-corrected chi connectivity index (χ0v) is 7.73. The van der Waals surface area contributed by atoms with E-state index in [-0.39, 0.29) is 11.1 Å². The third kappa shape index (κ3) is 3.46. The van der Waals surface area contributed by atoms with Crippen LogP contribution < -0.4 is 0 Å². The van der Waals surface area contributed by atoms with Crippen molar-refractivity contribution in [2.45, 2.75) is 6.43 Å². The first kappa shape index (κ1) is 11.3. The second-order valence-corrected chi connectivity index (χ2v) is 2.79. The maximum atomic E-state index is 12.4. The minimum Gasteiger partial charge on any atom is -0.480 e. The van der Waals surface area contributed by atoms with Gasteiger partial charge >= 0.3 is 5.97 Å². The number of alkyl halides is 2. The van der Waals surface area contributed by atoms with Gasteiger partial charge in [-0.25, -0.2) is 8.78 Å². The fraction of sp³-hybridized carbons (Fsp3) is 0.200. The standard InChI is InChI=1S/C10H9F2NO2/c11-10(12)8-4-2-1-3-7(8)5-13-6-9(14)15/h1-5,10H,6H2,(H,14,15). The van der Waals surface area contributed by atoms with Crippen molar-refractivity contribution in [3.8, 4) is 0 Å². The van der Waals surface area contributed by atoms with Crippen LogP contribution in [0.1, 0.15) is 17.6 Å². The molecule has 0 unspecified atom stereocenters. The predicted octanol–water partition coefficient (Wildman–Crippen LogP) is 2.13. The lowest BCUT2D eigenvalue weighted by Crippen LogP contribution is -2.00. The Hall–Kier alpha value is -1.78. The molecule has 0 atom stereocenters. The van der Waals surface area contributed by atoms with Crippen molar-refractivity contribution in [3.63, 3.8) is 0 Å². The Balaban J connectivity index is 2.84. The van der Waals surface area contributed by atoms with Crippen LogP contribution in [0.5, 0.6) is 0 Å². The Morgan fingerprint density at radius 2 is 2.13 bits per heavy atom. The molecule has 0 bridgehead atoms. The highest BCUT2D eigenvalue weighted by molar-refractivity contribution is 5.83. The van der Waals surface area contributed by atoms with Gasteiger partial charge in [0.25, 0.3) is 6.43 Å². The Kier molecular flexibility index (Phi) is 3.91. The molecule has 0 aromatic heterocycles. The smallest absolute Gasteiger partial charge is 0.325 e. The SMILES string of the molecule is O=C(O)CN=Cc1ccccc1C(F)F. The van der Waals surface area contributed by atoms with Gasteiger partial charge in [0, 0.05) is 17.3 Å². The van der Waals surface area contributed by atoms with Gasteiger partial charge in [-0.1, -0.05) is 24.3 Å². The highest BCUT2D eigenvalue weighted by atomic mass is 19.3. The van der Waals surface area contributed by atoms with Crippen molar-refractivity contribution in [2.75, 3.05) is 6.54 Å². The van der Waals surface area contributed by atoms with Crippen LogP contribution in [0, 0.1) is 0 Å². The van der Waals surface area contributed by atoms with E-state index in [9.17, 15) is 13.6 Å². The lowest BCUT2D eigenvalue weighted by Gasteiger charge is -2.02. The minimum atomic E-state index is -2.59.